The van der Waals surface area contributed by atoms with Crippen molar-refractivity contribution in [1.82, 2.24) is 4.31 Å². The van der Waals surface area contributed by atoms with Gasteiger partial charge in [0.25, 0.3) is 0 Å². The van der Waals surface area contributed by atoms with Gasteiger partial charge in [0.2, 0.25) is 10.0 Å². The van der Waals surface area contributed by atoms with Crippen LogP contribution in [0.2, 0.25) is 5.02 Å². The molecule has 1 atom stereocenters. The Morgan fingerprint density at radius 3 is 2.55 bits per heavy atom. The number of halogens is 1. The summed E-state index contributed by atoms with van der Waals surface area (Å²) in [6, 6.07) is 7.55. The summed E-state index contributed by atoms with van der Waals surface area (Å²) in [6.07, 6.45) is 4.68. The molecule has 1 heterocycles. The molecule has 0 bridgehead atoms. The minimum absolute atomic E-state index is 0.0358. The molecular formula is C15H22ClNO2S. The maximum absolute atomic E-state index is 12.5. The first kappa shape index (κ1) is 15.8. The summed E-state index contributed by atoms with van der Waals surface area (Å²) in [5.41, 5.74) is 1.05. The van der Waals surface area contributed by atoms with Crippen LogP contribution in [-0.4, -0.2) is 25.0 Å². The van der Waals surface area contributed by atoms with Crippen LogP contribution in [0.1, 0.15) is 50.6 Å². The van der Waals surface area contributed by atoms with Gasteiger partial charge >= 0.3 is 0 Å². The van der Waals surface area contributed by atoms with Crippen LogP contribution in [0.4, 0.5) is 0 Å². The van der Waals surface area contributed by atoms with Crippen LogP contribution in [0.5, 0.6) is 0 Å². The second-order valence-electron chi connectivity index (χ2n) is 5.34. The van der Waals surface area contributed by atoms with E-state index < -0.39 is 10.0 Å². The number of nitrogens with zero attached hydrogens (tertiary/aromatic N) is 1. The SMILES string of the molecule is CCCS(=O)(=O)N1CCCCC[C@H]1c1ccc(Cl)cc1. The molecule has 1 fully saturated rings. The van der Waals surface area contributed by atoms with Crippen molar-refractivity contribution in [2.24, 2.45) is 0 Å². The number of benzene rings is 1. The predicted molar refractivity (Wildman–Crippen MR) is 83.4 cm³/mol. The molecule has 0 aliphatic carbocycles. The second kappa shape index (κ2) is 6.92. The first-order chi connectivity index (χ1) is 9.54. The molecular weight excluding hydrogens is 294 g/mol. The number of rotatable bonds is 4. The normalized spacial score (nSPS) is 21.6. The van der Waals surface area contributed by atoms with E-state index in [0.29, 0.717) is 18.0 Å². The third kappa shape index (κ3) is 3.74. The zero-order valence-corrected chi connectivity index (χ0v) is 13.5. The Bertz CT molecular complexity index is 527. The van der Waals surface area contributed by atoms with Crippen LogP contribution in [0.25, 0.3) is 0 Å². The Labute approximate surface area is 127 Å². The molecule has 5 heteroatoms. The molecule has 0 amide bonds. The fourth-order valence-corrected chi connectivity index (χ4v) is 4.71. The average molecular weight is 316 g/mol. The van der Waals surface area contributed by atoms with Crippen molar-refractivity contribution in [1.29, 1.82) is 0 Å². The van der Waals surface area contributed by atoms with Gasteiger partial charge in [0.1, 0.15) is 0 Å². The molecule has 1 aliphatic rings. The van der Waals surface area contributed by atoms with E-state index in [4.69, 9.17) is 11.6 Å². The quantitative estimate of drug-likeness (QED) is 0.842. The highest BCUT2D eigenvalue weighted by molar-refractivity contribution is 7.89. The van der Waals surface area contributed by atoms with E-state index in [1.807, 2.05) is 31.2 Å². The molecule has 0 spiro atoms. The second-order valence-corrected chi connectivity index (χ2v) is 7.82. The Morgan fingerprint density at radius 1 is 1.20 bits per heavy atom. The molecule has 112 valence electrons. The lowest BCUT2D eigenvalue weighted by molar-refractivity contribution is 0.329. The van der Waals surface area contributed by atoms with E-state index in [9.17, 15) is 8.42 Å². The van der Waals surface area contributed by atoms with Gasteiger partial charge in [0.05, 0.1) is 5.75 Å². The average Bonchev–Trinajstić information content (AvgIpc) is 2.65. The van der Waals surface area contributed by atoms with Crippen LogP contribution in [0, 0.1) is 0 Å². The molecule has 1 aromatic rings. The molecule has 3 nitrogen and oxygen atoms in total. The minimum atomic E-state index is -3.16. The van der Waals surface area contributed by atoms with Crippen molar-refractivity contribution in [2.75, 3.05) is 12.3 Å². The molecule has 0 radical (unpaired) electrons. The lowest BCUT2D eigenvalue weighted by Gasteiger charge is -2.29. The van der Waals surface area contributed by atoms with E-state index in [-0.39, 0.29) is 11.8 Å². The molecule has 1 saturated heterocycles. The Balaban J connectivity index is 2.32. The lowest BCUT2D eigenvalue weighted by atomic mass is 10.0. The fraction of sp³-hybridized carbons (Fsp3) is 0.600. The Kier molecular flexibility index (Phi) is 5.47. The van der Waals surface area contributed by atoms with E-state index in [1.165, 1.54) is 0 Å². The third-order valence-electron chi connectivity index (χ3n) is 3.78. The van der Waals surface area contributed by atoms with E-state index >= 15 is 0 Å². The summed E-state index contributed by atoms with van der Waals surface area (Å²) < 4.78 is 26.7. The van der Waals surface area contributed by atoms with E-state index in [1.54, 1.807) is 4.31 Å². The maximum Gasteiger partial charge on any atom is 0.214 e. The van der Waals surface area contributed by atoms with Crippen LogP contribution in [0.3, 0.4) is 0 Å². The molecule has 2 rings (SSSR count). The molecule has 0 saturated carbocycles. The van der Waals surface area contributed by atoms with Gasteiger partial charge in [-0.15, -0.1) is 0 Å². The summed E-state index contributed by atoms with van der Waals surface area (Å²) in [5.74, 6) is 0.233. The van der Waals surface area contributed by atoms with Gasteiger partial charge in [-0.3, -0.25) is 0 Å². The zero-order chi connectivity index (χ0) is 14.6. The largest absolute Gasteiger partial charge is 0.214 e. The first-order valence-corrected chi connectivity index (χ1v) is 9.28. The van der Waals surface area contributed by atoms with Crippen molar-refractivity contribution in [3.63, 3.8) is 0 Å². The van der Waals surface area contributed by atoms with Gasteiger partial charge < -0.3 is 0 Å². The van der Waals surface area contributed by atoms with E-state index in [2.05, 4.69) is 0 Å². The molecule has 0 N–H and O–H groups in total. The highest BCUT2D eigenvalue weighted by Crippen LogP contribution is 2.33. The maximum atomic E-state index is 12.5. The molecule has 1 aliphatic heterocycles. The number of hydrogen-bond donors (Lipinski definition) is 0. The van der Waals surface area contributed by atoms with Crippen LogP contribution in [0.15, 0.2) is 24.3 Å². The van der Waals surface area contributed by atoms with Crippen molar-refractivity contribution < 1.29 is 8.42 Å². The number of hydrogen-bond acceptors (Lipinski definition) is 2. The van der Waals surface area contributed by atoms with Gasteiger partial charge in [-0.1, -0.05) is 43.5 Å². The van der Waals surface area contributed by atoms with E-state index in [0.717, 1.165) is 31.2 Å². The highest BCUT2D eigenvalue weighted by Gasteiger charge is 2.31. The topological polar surface area (TPSA) is 37.4 Å². The molecule has 0 unspecified atom stereocenters. The zero-order valence-electron chi connectivity index (χ0n) is 11.9. The van der Waals surface area contributed by atoms with Gasteiger partial charge in [-0.2, -0.15) is 4.31 Å². The van der Waals surface area contributed by atoms with Gasteiger partial charge in [0.15, 0.2) is 0 Å². The smallest absolute Gasteiger partial charge is 0.212 e. The Morgan fingerprint density at radius 2 is 1.90 bits per heavy atom. The standard InChI is InChI=1S/C15H22ClNO2S/c1-2-12-20(18,19)17-11-5-3-4-6-15(17)13-7-9-14(16)10-8-13/h7-10,15H,2-6,11-12H2,1H3/t15-/m0/s1. The molecule has 1 aromatic carbocycles. The van der Waals surface area contributed by atoms with Crippen LogP contribution in [-0.2, 0) is 10.0 Å². The summed E-state index contributed by atoms with van der Waals surface area (Å²) >= 11 is 5.93. The van der Waals surface area contributed by atoms with Crippen LogP contribution < -0.4 is 0 Å². The van der Waals surface area contributed by atoms with Crippen LogP contribution >= 0.6 is 11.6 Å². The van der Waals surface area contributed by atoms with Gasteiger partial charge in [0, 0.05) is 17.6 Å². The third-order valence-corrected chi connectivity index (χ3v) is 6.11. The lowest BCUT2D eigenvalue weighted by Crippen LogP contribution is -2.36. The summed E-state index contributed by atoms with van der Waals surface area (Å²) in [5, 5.41) is 0.685. The summed E-state index contributed by atoms with van der Waals surface area (Å²) in [7, 11) is -3.16. The first-order valence-electron chi connectivity index (χ1n) is 7.29. The van der Waals surface area contributed by atoms with Crippen molar-refractivity contribution >= 4 is 21.6 Å². The predicted octanol–water partition coefficient (Wildman–Crippen LogP) is 4.00. The van der Waals surface area contributed by atoms with Crippen molar-refractivity contribution in [3.05, 3.63) is 34.9 Å². The van der Waals surface area contributed by atoms with Gasteiger partial charge in [-0.05, 0) is 37.0 Å². The van der Waals surface area contributed by atoms with Crippen molar-refractivity contribution in [3.8, 4) is 0 Å². The highest BCUT2D eigenvalue weighted by atomic mass is 35.5. The monoisotopic (exact) mass is 315 g/mol. The number of sulfonamides is 1. The summed E-state index contributed by atoms with van der Waals surface area (Å²) in [6.45, 7) is 2.54. The fourth-order valence-electron chi connectivity index (χ4n) is 2.81. The summed E-state index contributed by atoms with van der Waals surface area (Å²) in [4.78, 5) is 0. The molecule has 20 heavy (non-hydrogen) atoms. The minimum Gasteiger partial charge on any atom is -0.212 e. The Hall–Kier alpha value is -0.580. The molecule has 0 aromatic heterocycles. The van der Waals surface area contributed by atoms with Gasteiger partial charge in [-0.25, -0.2) is 8.42 Å². The van der Waals surface area contributed by atoms with Crippen molar-refractivity contribution in [2.45, 2.75) is 45.1 Å².